The van der Waals surface area contributed by atoms with E-state index in [0.717, 1.165) is 32.5 Å². The molecule has 1 aliphatic rings. The smallest absolute Gasteiger partial charge is 0.220 e. The number of nitrogens with zero attached hydrogens (tertiary/aromatic N) is 2. The molecule has 0 spiro atoms. The van der Waals surface area contributed by atoms with Crippen molar-refractivity contribution >= 4 is 22.6 Å². The van der Waals surface area contributed by atoms with Gasteiger partial charge in [0.2, 0.25) is 6.54 Å². The fourth-order valence-electron chi connectivity index (χ4n) is 3.30. The molecule has 0 aromatic heterocycles. The van der Waals surface area contributed by atoms with Crippen LogP contribution in [0.15, 0.2) is 24.3 Å². The average Bonchev–Trinajstić information content (AvgIpc) is 2.42. The third kappa shape index (κ3) is 3.78. The van der Waals surface area contributed by atoms with Crippen molar-refractivity contribution in [2.45, 2.75) is 40.2 Å². The Labute approximate surface area is 142 Å². The fraction of sp³-hybridized carbons (Fsp3) is 0.611. The first-order chi connectivity index (χ1) is 9.88. The molecule has 1 heterocycles. The number of benzene rings is 1. The molecule has 1 aromatic carbocycles. The molecule has 21 heavy (non-hydrogen) atoms. The molecule has 1 aromatic rings. The van der Waals surface area contributed by atoms with Crippen LogP contribution in [-0.2, 0) is 6.54 Å². The van der Waals surface area contributed by atoms with Crippen molar-refractivity contribution in [2.24, 2.45) is 10.8 Å². The number of halogens is 1. The molecular formula is C18H25IN2. The molecular weight excluding hydrogens is 371 g/mol. The largest absolute Gasteiger partial charge is 0.316 e. The number of likely N-dealkylation sites (tertiary alicyclic amines) is 1. The minimum Gasteiger partial charge on any atom is -0.316 e. The molecule has 0 unspecified atom stereocenters. The van der Waals surface area contributed by atoms with E-state index in [9.17, 15) is 0 Å². The molecule has 0 bridgehead atoms. The van der Waals surface area contributed by atoms with E-state index >= 15 is 0 Å². The quantitative estimate of drug-likeness (QED) is 0.524. The summed E-state index contributed by atoms with van der Waals surface area (Å²) in [7, 11) is 0. The molecule has 2 rings (SSSR count). The van der Waals surface area contributed by atoms with E-state index in [1.807, 2.05) is 0 Å². The Balaban J connectivity index is 2.03. The van der Waals surface area contributed by atoms with Crippen molar-refractivity contribution < 1.29 is 0 Å². The molecule has 1 saturated heterocycles. The van der Waals surface area contributed by atoms with Gasteiger partial charge in [-0.3, -0.25) is 4.90 Å². The Morgan fingerprint density at radius 3 is 2.38 bits per heavy atom. The maximum atomic E-state index is 7.31. The lowest BCUT2D eigenvalue weighted by Crippen LogP contribution is -2.48. The van der Waals surface area contributed by atoms with Crippen LogP contribution in [0.25, 0.3) is 4.85 Å². The lowest BCUT2D eigenvalue weighted by Gasteiger charge is -2.46. The lowest BCUT2D eigenvalue weighted by molar-refractivity contribution is 0.0172. The summed E-state index contributed by atoms with van der Waals surface area (Å²) in [5, 5.41) is 0. The van der Waals surface area contributed by atoms with E-state index in [2.05, 4.69) is 77.4 Å². The first-order valence-corrected chi connectivity index (χ1v) is 8.75. The molecule has 0 N–H and O–H groups in total. The SMILES string of the molecule is [C-]#[N+]CC1(C(C)(C)C)CCN(Cc2ccccc2I)CC1. The van der Waals surface area contributed by atoms with Crippen LogP contribution < -0.4 is 0 Å². The highest BCUT2D eigenvalue weighted by atomic mass is 127. The third-order valence-corrected chi connectivity index (χ3v) is 6.19. The summed E-state index contributed by atoms with van der Waals surface area (Å²) in [5.74, 6) is 0. The summed E-state index contributed by atoms with van der Waals surface area (Å²) in [6, 6.07) is 8.63. The fourth-order valence-corrected chi connectivity index (χ4v) is 3.86. The standard InChI is InChI=1S/C18H25IN2/c1-17(2,3)18(14-20-4)9-11-21(12-10-18)13-15-7-5-6-8-16(15)19/h5-8H,9-14H2,1-3H3. The molecule has 1 aliphatic heterocycles. The zero-order valence-corrected chi connectivity index (χ0v) is 15.5. The highest BCUT2D eigenvalue weighted by molar-refractivity contribution is 14.1. The van der Waals surface area contributed by atoms with Gasteiger partial charge in [0.1, 0.15) is 0 Å². The first-order valence-electron chi connectivity index (χ1n) is 7.67. The van der Waals surface area contributed by atoms with Gasteiger partial charge in [0.15, 0.2) is 0 Å². The van der Waals surface area contributed by atoms with E-state index in [1.165, 1.54) is 9.13 Å². The highest BCUT2D eigenvalue weighted by Gasteiger charge is 2.46. The Morgan fingerprint density at radius 2 is 1.86 bits per heavy atom. The number of piperidine rings is 1. The maximum absolute atomic E-state index is 7.31. The molecule has 0 aliphatic carbocycles. The van der Waals surface area contributed by atoms with Gasteiger partial charge in [-0.25, -0.2) is 6.57 Å². The first kappa shape index (κ1) is 16.8. The van der Waals surface area contributed by atoms with Gasteiger partial charge in [-0.2, -0.15) is 0 Å². The molecule has 0 atom stereocenters. The molecule has 0 radical (unpaired) electrons. The van der Waals surface area contributed by atoms with Crippen LogP contribution in [0.4, 0.5) is 0 Å². The zero-order valence-electron chi connectivity index (χ0n) is 13.3. The van der Waals surface area contributed by atoms with Crippen LogP contribution in [0.5, 0.6) is 0 Å². The number of rotatable bonds is 3. The Kier molecular flexibility index (Phi) is 5.32. The Bertz CT molecular complexity index is 517. The number of hydrogen-bond donors (Lipinski definition) is 0. The molecule has 114 valence electrons. The third-order valence-electron chi connectivity index (χ3n) is 5.14. The topological polar surface area (TPSA) is 7.60 Å². The summed E-state index contributed by atoms with van der Waals surface area (Å²) in [4.78, 5) is 6.30. The Morgan fingerprint density at radius 1 is 1.24 bits per heavy atom. The van der Waals surface area contributed by atoms with Crippen LogP contribution in [-0.4, -0.2) is 24.5 Å². The minimum atomic E-state index is 0.190. The Hall–Kier alpha value is -0.600. The molecule has 2 nitrogen and oxygen atoms in total. The normalized spacial score (nSPS) is 19.2. The lowest BCUT2D eigenvalue weighted by atomic mass is 9.61. The predicted octanol–water partition coefficient (Wildman–Crippen LogP) is 4.84. The average molecular weight is 396 g/mol. The summed E-state index contributed by atoms with van der Waals surface area (Å²) in [6.07, 6.45) is 2.28. The van der Waals surface area contributed by atoms with Crippen molar-refractivity contribution in [1.82, 2.24) is 4.90 Å². The molecule has 1 fully saturated rings. The second-order valence-corrected chi connectivity index (χ2v) is 8.38. The van der Waals surface area contributed by atoms with Crippen LogP contribution in [0, 0.1) is 21.0 Å². The van der Waals surface area contributed by atoms with Gasteiger partial charge < -0.3 is 4.85 Å². The van der Waals surface area contributed by atoms with Crippen molar-refractivity contribution in [2.75, 3.05) is 19.6 Å². The van der Waals surface area contributed by atoms with Gasteiger partial charge in [0, 0.05) is 15.5 Å². The maximum Gasteiger partial charge on any atom is 0.220 e. The van der Waals surface area contributed by atoms with E-state index < -0.39 is 0 Å². The van der Waals surface area contributed by atoms with Gasteiger partial charge in [-0.15, -0.1) is 0 Å². The van der Waals surface area contributed by atoms with E-state index in [1.54, 1.807) is 0 Å². The van der Waals surface area contributed by atoms with Gasteiger partial charge in [-0.05, 0) is 65.6 Å². The van der Waals surface area contributed by atoms with Gasteiger partial charge >= 0.3 is 0 Å². The van der Waals surface area contributed by atoms with Crippen LogP contribution >= 0.6 is 22.6 Å². The van der Waals surface area contributed by atoms with Crippen LogP contribution in [0.3, 0.4) is 0 Å². The predicted molar refractivity (Wildman–Crippen MR) is 97.0 cm³/mol. The minimum absolute atomic E-state index is 0.190. The van der Waals surface area contributed by atoms with Gasteiger partial charge in [0.05, 0.1) is 0 Å². The summed E-state index contributed by atoms with van der Waals surface area (Å²) in [6.45, 7) is 18.1. The molecule has 0 saturated carbocycles. The second-order valence-electron chi connectivity index (χ2n) is 7.21. The van der Waals surface area contributed by atoms with E-state index in [-0.39, 0.29) is 10.8 Å². The van der Waals surface area contributed by atoms with Crippen LogP contribution in [0.1, 0.15) is 39.2 Å². The summed E-state index contributed by atoms with van der Waals surface area (Å²) in [5.41, 5.74) is 1.83. The number of hydrogen-bond acceptors (Lipinski definition) is 1. The van der Waals surface area contributed by atoms with Crippen LogP contribution in [0.2, 0.25) is 0 Å². The van der Waals surface area contributed by atoms with Crippen molar-refractivity contribution in [1.29, 1.82) is 0 Å². The van der Waals surface area contributed by atoms with Crippen molar-refractivity contribution in [3.05, 3.63) is 44.8 Å². The zero-order chi connectivity index (χ0) is 15.5. The molecule has 3 heteroatoms. The van der Waals surface area contributed by atoms with Gasteiger partial charge in [-0.1, -0.05) is 39.0 Å². The highest BCUT2D eigenvalue weighted by Crippen LogP contribution is 2.47. The van der Waals surface area contributed by atoms with E-state index in [0.29, 0.717) is 6.54 Å². The van der Waals surface area contributed by atoms with Gasteiger partial charge in [0.25, 0.3) is 0 Å². The summed E-state index contributed by atoms with van der Waals surface area (Å²) >= 11 is 2.42. The van der Waals surface area contributed by atoms with E-state index in [4.69, 9.17) is 6.57 Å². The molecule has 0 amide bonds. The monoisotopic (exact) mass is 396 g/mol. The van der Waals surface area contributed by atoms with Crippen molar-refractivity contribution in [3.8, 4) is 0 Å². The second kappa shape index (κ2) is 6.66. The summed E-state index contributed by atoms with van der Waals surface area (Å²) < 4.78 is 1.35. The van der Waals surface area contributed by atoms with Crippen molar-refractivity contribution in [3.63, 3.8) is 0 Å².